The van der Waals surface area contributed by atoms with Crippen molar-refractivity contribution < 1.29 is 8.78 Å². The zero-order valence-electron chi connectivity index (χ0n) is 11.8. The van der Waals surface area contributed by atoms with E-state index in [-0.39, 0.29) is 0 Å². The number of benzene rings is 2. The summed E-state index contributed by atoms with van der Waals surface area (Å²) in [6, 6.07) is 11.5. The van der Waals surface area contributed by atoms with E-state index in [1.807, 2.05) is 35.0 Å². The van der Waals surface area contributed by atoms with Gasteiger partial charge in [0.05, 0.1) is 12.0 Å². The second-order valence-corrected chi connectivity index (χ2v) is 4.94. The third-order valence-electron chi connectivity index (χ3n) is 3.42. The van der Waals surface area contributed by atoms with Gasteiger partial charge in [-0.1, -0.05) is 24.3 Å². The number of nitrogens with one attached hydrogen (secondary N) is 1. The lowest BCUT2D eigenvalue weighted by atomic mass is 10.1. The van der Waals surface area contributed by atoms with E-state index in [0.29, 0.717) is 18.7 Å². The normalized spacial score (nSPS) is 10.8. The van der Waals surface area contributed by atoms with Gasteiger partial charge >= 0.3 is 0 Å². The van der Waals surface area contributed by atoms with Gasteiger partial charge in [0.15, 0.2) is 0 Å². The molecule has 0 saturated heterocycles. The van der Waals surface area contributed by atoms with Crippen molar-refractivity contribution >= 4 is 0 Å². The van der Waals surface area contributed by atoms with E-state index in [2.05, 4.69) is 10.3 Å². The Morgan fingerprint density at radius 1 is 1.00 bits per heavy atom. The highest BCUT2D eigenvalue weighted by Crippen LogP contribution is 2.14. The Hall–Kier alpha value is -2.53. The molecule has 0 fully saturated rings. The van der Waals surface area contributed by atoms with Crippen LogP contribution in [0.1, 0.15) is 11.1 Å². The largest absolute Gasteiger partial charge is 0.308 e. The number of imidazole rings is 1. The number of para-hydroxylation sites is 1. The maximum absolute atomic E-state index is 13.6. The first-order chi connectivity index (χ1) is 10.7. The molecule has 0 amide bonds. The summed E-state index contributed by atoms with van der Waals surface area (Å²) in [5.74, 6) is -1.10. The van der Waals surface area contributed by atoms with E-state index < -0.39 is 11.6 Å². The number of halogens is 2. The zero-order chi connectivity index (χ0) is 15.4. The van der Waals surface area contributed by atoms with Crippen molar-refractivity contribution in [3.05, 3.63) is 83.9 Å². The molecule has 3 aromatic rings. The molecule has 2 aromatic carbocycles. The molecular weight excluding hydrogens is 284 g/mol. The van der Waals surface area contributed by atoms with Gasteiger partial charge in [0.25, 0.3) is 0 Å². The average molecular weight is 299 g/mol. The molecule has 3 nitrogen and oxygen atoms in total. The molecule has 0 spiro atoms. The number of aromatic nitrogens is 2. The van der Waals surface area contributed by atoms with Crippen LogP contribution in [0.3, 0.4) is 0 Å². The van der Waals surface area contributed by atoms with Gasteiger partial charge < -0.3 is 9.88 Å². The molecule has 0 radical (unpaired) electrons. The van der Waals surface area contributed by atoms with E-state index in [1.165, 1.54) is 12.1 Å². The number of nitrogens with zero attached hydrogens (tertiary/aromatic N) is 2. The number of rotatable bonds is 5. The van der Waals surface area contributed by atoms with Gasteiger partial charge in [-0.05, 0) is 17.7 Å². The molecule has 0 atom stereocenters. The summed E-state index contributed by atoms with van der Waals surface area (Å²) in [5, 5.41) is 3.18. The molecule has 5 heteroatoms. The third kappa shape index (κ3) is 3.20. The van der Waals surface area contributed by atoms with Crippen LogP contribution in [-0.2, 0) is 13.1 Å². The van der Waals surface area contributed by atoms with Gasteiger partial charge in [-0.3, -0.25) is 0 Å². The predicted molar refractivity (Wildman–Crippen MR) is 80.5 cm³/mol. The first kappa shape index (κ1) is 14.4. The van der Waals surface area contributed by atoms with Crippen LogP contribution in [0.2, 0.25) is 0 Å². The molecule has 0 unspecified atom stereocenters. The fourth-order valence-electron chi connectivity index (χ4n) is 2.31. The van der Waals surface area contributed by atoms with Gasteiger partial charge in [-0.2, -0.15) is 0 Å². The smallest absolute Gasteiger partial charge is 0.130 e. The van der Waals surface area contributed by atoms with Crippen molar-refractivity contribution in [2.45, 2.75) is 13.1 Å². The Labute approximate surface area is 127 Å². The summed E-state index contributed by atoms with van der Waals surface area (Å²) in [6.45, 7) is 0.912. The van der Waals surface area contributed by atoms with Crippen molar-refractivity contribution in [2.24, 2.45) is 0 Å². The Morgan fingerprint density at radius 3 is 2.59 bits per heavy atom. The summed E-state index contributed by atoms with van der Waals surface area (Å²) in [5.41, 5.74) is 2.54. The monoisotopic (exact) mass is 299 g/mol. The van der Waals surface area contributed by atoms with Crippen LogP contribution in [0.5, 0.6) is 0 Å². The maximum Gasteiger partial charge on any atom is 0.130 e. The van der Waals surface area contributed by atoms with Gasteiger partial charge in [0.2, 0.25) is 0 Å². The topological polar surface area (TPSA) is 29.9 Å². The molecule has 0 aliphatic rings. The van der Waals surface area contributed by atoms with E-state index in [9.17, 15) is 8.78 Å². The third-order valence-corrected chi connectivity index (χ3v) is 3.42. The Morgan fingerprint density at radius 2 is 1.82 bits per heavy atom. The first-order valence-electron chi connectivity index (χ1n) is 6.95. The average Bonchev–Trinajstić information content (AvgIpc) is 3.04. The van der Waals surface area contributed by atoms with Crippen LogP contribution in [0.4, 0.5) is 8.78 Å². The molecule has 1 N–H and O–H groups in total. The van der Waals surface area contributed by atoms with Crippen molar-refractivity contribution in [2.75, 3.05) is 0 Å². The second-order valence-electron chi connectivity index (χ2n) is 4.94. The molecular formula is C17H15F2N3. The van der Waals surface area contributed by atoms with Crippen molar-refractivity contribution in [1.82, 2.24) is 14.9 Å². The van der Waals surface area contributed by atoms with Gasteiger partial charge in [0.1, 0.15) is 11.6 Å². The zero-order valence-corrected chi connectivity index (χ0v) is 11.8. The van der Waals surface area contributed by atoms with Gasteiger partial charge in [-0.15, -0.1) is 0 Å². The highest BCUT2D eigenvalue weighted by atomic mass is 19.1. The maximum atomic E-state index is 13.6. The highest BCUT2D eigenvalue weighted by molar-refractivity contribution is 5.40. The summed E-state index contributed by atoms with van der Waals surface area (Å²) >= 11 is 0. The number of hydrogen-bond acceptors (Lipinski definition) is 2. The van der Waals surface area contributed by atoms with Crippen LogP contribution in [0, 0.1) is 11.6 Å². The van der Waals surface area contributed by atoms with Crippen LogP contribution in [0.25, 0.3) is 5.69 Å². The SMILES string of the molecule is Fc1ccc(CNCc2ccccc2-n2ccnc2)c(F)c1. The van der Waals surface area contributed by atoms with Gasteiger partial charge in [0, 0.05) is 37.1 Å². The highest BCUT2D eigenvalue weighted by Gasteiger charge is 2.06. The Bertz CT molecular complexity index is 754. The molecule has 0 aliphatic carbocycles. The molecule has 22 heavy (non-hydrogen) atoms. The first-order valence-corrected chi connectivity index (χ1v) is 6.95. The molecule has 1 heterocycles. The van der Waals surface area contributed by atoms with Gasteiger partial charge in [-0.25, -0.2) is 13.8 Å². The molecule has 0 bridgehead atoms. The summed E-state index contributed by atoms with van der Waals surface area (Å²) < 4.78 is 28.4. The fourth-order valence-corrected chi connectivity index (χ4v) is 2.31. The van der Waals surface area contributed by atoms with Crippen LogP contribution >= 0.6 is 0 Å². The quantitative estimate of drug-likeness (QED) is 0.782. The van der Waals surface area contributed by atoms with Crippen molar-refractivity contribution in [3.8, 4) is 5.69 Å². The lowest BCUT2D eigenvalue weighted by Gasteiger charge is -2.11. The van der Waals surface area contributed by atoms with Crippen LogP contribution < -0.4 is 5.32 Å². The lowest BCUT2D eigenvalue weighted by Crippen LogP contribution is -2.15. The Kier molecular flexibility index (Phi) is 4.25. The fraction of sp³-hybridized carbons (Fsp3) is 0.118. The van der Waals surface area contributed by atoms with E-state index in [0.717, 1.165) is 17.3 Å². The minimum absolute atomic E-state index is 0.338. The summed E-state index contributed by atoms with van der Waals surface area (Å²) in [7, 11) is 0. The van der Waals surface area contributed by atoms with Crippen LogP contribution in [-0.4, -0.2) is 9.55 Å². The second kappa shape index (κ2) is 6.49. The van der Waals surface area contributed by atoms with E-state index >= 15 is 0 Å². The molecule has 1 aromatic heterocycles. The van der Waals surface area contributed by atoms with E-state index in [1.54, 1.807) is 12.5 Å². The van der Waals surface area contributed by atoms with Crippen molar-refractivity contribution in [1.29, 1.82) is 0 Å². The summed E-state index contributed by atoms with van der Waals surface area (Å²) in [4.78, 5) is 4.04. The van der Waals surface area contributed by atoms with Crippen LogP contribution in [0.15, 0.2) is 61.2 Å². The minimum atomic E-state index is -0.563. The number of hydrogen-bond donors (Lipinski definition) is 1. The molecule has 112 valence electrons. The predicted octanol–water partition coefficient (Wildman–Crippen LogP) is 3.44. The van der Waals surface area contributed by atoms with E-state index in [4.69, 9.17) is 0 Å². The Balaban J connectivity index is 1.70. The lowest BCUT2D eigenvalue weighted by molar-refractivity contribution is 0.560. The molecule has 0 aliphatic heterocycles. The molecule has 0 saturated carbocycles. The van der Waals surface area contributed by atoms with Crippen molar-refractivity contribution in [3.63, 3.8) is 0 Å². The summed E-state index contributed by atoms with van der Waals surface area (Å²) in [6.07, 6.45) is 5.33. The standard InChI is InChI=1S/C17H15F2N3/c18-15-6-5-13(16(19)9-15)10-21-11-14-3-1-2-4-17(14)22-8-7-20-12-22/h1-9,12,21H,10-11H2. The minimum Gasteiger partial charge on any atom is -0.308 e. The molecule has 3 rings (SSSR count).